The van der Waals surface area contributed by atoms with Crippen LogP contribution in [-0.4, -0.2) is 70.0 Å². The first-order chi connectivity index (χ1) is 20.0. The summed E-state index contributed by atoms with van der Waals surface area (Å²) in [5, 5.41) is 1.08. The highest BCUT2D eigenvalue weighted by molar-refractivity contribution is 9.10. The maximum Gasteiger partial charge on any atom is 0.246 e. The minimum Gasteiger partial charge on any atom is -0.454 e. The number of fused-ring (bicyclic) bond motifs is 5. The van der Waals surface area contributed by atoms with Gasteiger partial charge in [0.2, 0.25) is 18.6 Å². The summed E-state index contributed by atoms with van der Waals surface area (Å²) in [6.45, 7) is 2.81. The number of nitrogens with one attached hydrogen (secondary N) is 1. The molecule has 8 rings (SSSR count). The number of aromatic nitrogens is 1. The molecular formula is C32H29BrN4O4. The van der Waals surface area contributed by atoms with Crippen molar-refractivity contribution in [3.05, 3.63) is 93.6 Å². The molecule has 1 aromatic heterocycles. The lowest BCUT2D eigenvalue weighted by molar-refractivity contribution is -0.160. The zero-order chi connectivity index (χ0) is 27.7. The van der Waals surface area contributed by atoms with Crippen LogP contribution in [0.4, 0.5) is 0 Å². The van der Waals surface area contributed by atoms with Gasteiger partial charge in [0.25, 0.3) is 0 Å². The van der Waals surface area contributed by atoms with E-state index in [0.29, 0.717) is 17.9 Å². The number of H-pyrrole nitrogens is 1. The van der Waals surface area contributed by atoms with Crippen LogP contribution in [0.5, 0.6) is 11.5 Å². The lowest BCUT2D eigenvalue weighted by atomic mass is 9.85. The summed E-state index contributed by atoms with van der Waals surface area (Å²) in [5.41, 5.74) is 5.20. The molecule has 0 unspecified atom stereocenters. The van der Waals surface area contributed by atoms with Crippen LogP contribution in [0, 0.1) is 0 Å². The molecule has 0 saturated carbocycles. The summed E-state index contributed by atoms with van der Waals surface area (Å²) in [6, 6.07) is 21.4. The first-order valence-electron chi connectivity index (χ1n) is 14.1. The van der Waals surface area contributed by atoms with E-state index in [4.69, 9.17) is 9.47 Å². The number of likely N-dealkylation sites (tertiary alicyclic amines) is 1. The van der Waals surface area contributed by atoms with Gasteiger partial charge in [0.15, 0.2) is 11.5 Å². The molecule has 0 bridgehead atoms. The monoisotopic (exact) mass is 612 g/mol. The minimum atomic E-state index is -0.569. The average Bonchev–Trinajstić information content (AvgIpc) is 3.73. The van der Waals surface area contributed by atoms with Crippen LogP contribution in [0.2, 0.25) is 0 Å². The smallest absolute Gasteiger partial charge is 0.246 e. The largest absolute Gasteiger partial charge is 0.454 e. The fourth-order valence-electron chi connectivity index (χ4n) is 7.10. The molecule has 4 aromatic rings. The quantitative estimate of drug-likeness (QED) is 0.364. The Kier molecular flexibility index (Phi) is 5.86. The Morgan fingerprint density at radius 1 is 0.976 bits per heavy atom. The number of benzene rings is 3. The second-order valence-electron chi connectivity index (χ2n) is 11.4. The molecule has 2 fully saturated rings. The third-order valence-corrected chi connectivity index (χ3v) is 9.49. The summed E-state index contributed by atoms with van der Waals surface area (Å²) in [4.78, 5) is 38.0. The molecule has 2 saturated heterocycles. The minimum absolute atomic E-state index is 0.0238. The Labute approximate surface area is 245 Å². The first-order valence-corrected chi connectivity index (χ1v) is 14.9. The second-order valence-corrected chi connectivity index (χ2v) is 12.3. The molecule has 4 aliphatic rings. The normalized spacial score (nSPS) is 23.8. The number of rotatable bonds is 4. The number of aromatic amines is 1. The molecule has 0 spiro atoms. The molecule has 3 atom stereocenters. The predicted molar refractivity (Wildman–Crippen MR) is 157 cm³/mol. The van der Waals surface area contributed by atoms with Crippen molar-refractivity contribution in [3.8, 4) is 11.5 Å². The van der Waals surface area contributed by atoms with E-state index in [9.17, 15) is 9.59 Å². The third kappa shape index (κ3) is 4.13. The molecule has 4 aliphatic heterocycles. The van der Waals surface area contributed by atoms with Crippen LogP contribution in [0.1, 0.15) is 34.8 Å². The highest BCUT2D eigenvalue weighted by atomic mass is 79.9. The fraction of sp³-hybridized carbons (Fsp3) is 0.312. The molecule has 41 heavy (non-hydrogen) atoms. The van der Waals surface area contributed by atoms with Crippen LogP contribution in [0.25, 0.3) is 10.9 Å². The molecule has 0 aliphatic carbocycles. The van der Waals surface area contributed by atoms with E-state index in [0.717, 1.165) is 58.3 Å². The Morgan fingerprint density at radius 2 is 1.83 bits per heavy atom. The number of piperazine rings is 1. The van der Waals surface area contributed by atoms with E-state index in [2.05, 4.69) is 56.1 Å². The number of carbonyl (C=O) groups is 2. The van der Waals surface area contributed by atoms with Gasteiger partial charge in [-0.05, 0) is 53.4 Å². The molecule has 208 valence electrons. The van der Waals surface area contributed by atoms with Gasteiger partial charge in [-0.3, -0.25) is 14.5 Å². The number of carbonyl (C=O) groups excluding carboxylic acids is 2. The van der Waals surface area contributed by atoms with Gasteiger partial charge in [0.05, 0.1) is 6.04 Å². The third-order valence-electron chi connectivity index (χ3n) is 9.00. The topological polar surface area (TPSA) is 78.1 Å². The van der Waals surface area contributed by atoms with Crippen molar-refractivity contribution in [1.29, 1.82) is 0 Å². The Bertz CT molecular complexity index is 1690. The van der Waals surface area contributed by atoms with Crippen LogP contribution < -0.4 is 9.47 Å². The van der Waals surface area contributed by atoms with Crippen molar-refractivity contribution in [2.45, 2.75) is 37.5 Å². The van der Waals surface area contributed by atoms with Crippen molar-refractivity contribution in [1.82, 2.24) is 19.7 Å². The van der Waals surface area contributed by atoms with Crippen molar-refractivity contribution in [3.63, 3.8) is 0 Å². The van der Waals surface area contributed by atoms with Crippen LogP contribution in [-0.2, 0) is 22.6 Å². The molecule has 2 amide bonds. The Balaban J connectivity index is 1.15. The highest BCUT2D eigenvalue weighted by Crippen LogP contribution is 2.45. The summed E-state index contributed by atoms with van der Waals surface area (Å²) < 4.78 is 12.2. The van der Waals surface area contributed by atoms with E-state index >= 15 is 0 Å². The zero-order valence-corrected chi connectivity index (χ0v) is 24.0. The highest BCUT2D eigenvalue weighted by Gasteiger charge is 2.50. The van der Waals surface area contributed by atoms with Gasteiger partial charge in [-0.1, -0.05) is 52.3 Å². The van der Waals surface area contributed by atoms with Crippen LogP contribution >= 0.6 is 15.9 Å². The SMILES string of the molecule is O=C1[C@H]2Cc3c([nH]c4ccc(Br)cc34)[C@@H](c3ccc4c(c3)OCO4)N2C(=O)CN1[C@@H]1CCN(Cc2ccccc2)C1. The van der Waals surface area contributed by atoms with E-state index < -0.39 is 12.1 Å². The maximum atomic E-state index is 14.3. The van der Waals surface area contributed by atoms with Crippen molar-refractivity contribution in [2.75, 3.05) is 26.4 Å². The number of nitrogens with zero attached hydrogens (tertiary/aromatic N) is 3. The van der Waals surface area contributed by atoms with Crippen molar-refractivity contribution >= 4 is 38.6 Å². The molecule has 9 heteroatoms. The van der Waals surface area contributed by atoms with Crippen LogP contribution in [0.15, 0.2) is 71.2 Å². The number of hydrogen-bond donors (Lipinski definition) is 1. The first kappa shape index (κ1) is 24.9. The maximum absolute atomic E-state index is 14.3. The van der Waals surface area contributed by atoms with E-state index in [1.807, 2.05) is 46.2 Å². The summed E-state index contributed by atoms with van der Waals surface area (Å²) in [7, 11) is 0. The van der Waals surface area contributed by atoms with Gasteiger partial charge in [-0.25, -0.2) is 0 Å². The fourth-order valence-corrected chi connectivity index (χ4v) is 7.46. The van der Waals surface area contributed by atoms with Crippen LogP contribution in [0.3, 0.4) is 0 Å². The standard InChI is InChI=1S/C32H29BrN4O4/c33-21-7-8-25-23(13-21)24-14-26-32(39)36(22-10-11-35(16-22)15-19-4-2-1-3-5-19)17-29(38)37(26)31(30(24)34-25)20-6-9-27-28(12-20)41-18-40-27/h1-9,12-13,22,26,31,34H,10-11,14-18H2/t22-,26-,31-/m1/s1. The molecule has 5 heterocycles. The molecule has 8 nitrogen and oxygen atoms in total. The number of ether oxygens (including phenoxy) is 2. The van der Waals surface area contributed by atoms with Gasteiger partial charge >= 0.3 is 0 Å². The second kappa shape index (κ2) is 9.63. The van der Waals surface area contributed by atoms with Gasteiger partial charge in [-0.15, -0.1) is 0 Å². The summed E-state index contributed by atoms with van der Waals surface area (Å²) >= 11 is 3.62. The zero-order valence-electron chi connectivity index (χ0n) is 22.4. The molecular weight excluding hydrogens is 584 g/mol. The van der Waals surface area contributed by atoms with Gasteiger partial charge < -0.3 is 24.3 Å². The Morgan fingerprint density at radius 3 is 2.71 bits per heavy atom. The van der Waals surface area contributed by atoms with E-state index in [1.165, 1.54) is 5.56 Å². The predicted octanol–water partition coefficient (Wildman–Crippen LogP) is 4.62. The number of hydrogen-bond acceptors (Lipinski definition) is 5. The van der Waals surface area contributed by atoms with E-state index in [1.54, 1.807) is 0 Å². The van der Waals surface area contributed by atoms with Crippen molar-refractivity contribution in [2.24, 2.45) is 0 Å². The van der Waals surface area contributed by atoms with E-state index in [-0.39, 0.29) is 31.2 Å². The summed E-state index contributed by atoms with van der Waals surface area (Å²) in [5.74, 6) is 1.36. The Hall–Kier alpha value is -3.82. The lowest BCUT2D eigenvalue weighted by Gasteiger charge is -2.48. The average molecular weight is 614 g/mol. The number of halogens is 1. The lowest BCUT2D eigenvalue weighted by Crippen LogP contribution is -2.65. The molecule has 1 N–H and O–H groups in total. The van der Waals surface area contributed by atoms with Gasteiger partial charge in [0, 0.05) is 53.2 Å². The summed E-state index contributed by atoms with van der Waals surface area (Å²) in [6.07, 6.45) is 1.35. The van der Waals surface area contributed by atoms with Gasteiger partial charge in [0.1, 0.15) is 12.6 Å². The molecule has 0 radical (unpaired) electrons. The van der Waals surface area contributed by atoms with Gasteiger partial charge in [-0.2, -0.15) is 0 Å². The molecule has 3 aromatic carbocycles. The number of amides is 2. The van der Waals surface area contributed by atoms with Crippen molar-refractivity contribution < 1.29 is 19.1 Å².